The smallest absolute Gasteiger partial charge is 0.248 e. The number of ether oxygens (including phenoxy) is 1. The third-order valence-corrected chi connectivity index (χ3v) is 3.50. The highest BCUT2D eigenvalue weighted by Crippen LogP contribution is 2.24. The van der Waals surface area contributed by atoms with E-state index in [2.05, 4.69) is 21.2 Å². The van der Waals surface area contributed by atoms with Crippen molar-refractivity contribution in [3.63, 3.8) is 0 Å². The molecule has 0 bridgehead atoms. The average Bonchev–Trinajstić information content (AvgIpc) is 2.50. The second-order valence-corrected chi connectivity index (χ2v) is 5.72. The molecule has 114 valence electrons. The van der Waals surface area contributed by atoms with Crippen LogP contribution in [0, 0.1) is 6.92 Å². The molecule has 0 aliphatic heterocycles. The van der Waals surface area contributed by atoms with E-state index in [9.17, 15) is 4.79 Å². The molecule has 0 saturated carbocycles. The Bertz CT molecular complexity index is 678. The number of anilines is 1. The largest absolute Gasteiger partial charge is 0.493 e. The Kier molecular flexibility index (Phi) is 5.78. The van der Waals surface area contributed by atoms with Crippen LogP contribution in [-0.2, 0) is 4.79 Å². The van der Waals surface area contributed by atoms with E-state index in [-0.39, 0.29) is 5.91 Å². The van der Waals surface area contributed by atoms with Gasteiger partial charge in [-0.1, -0.05) is 33.6 Å². The lowest BCUT2D eigenvalue weighted by molar-refractivity contribution is -0.111. The second-order valence-electron chi connectivity index (χ2n) is 4.80. The van der Waals surface area contributed by atoms with Crippen molar-refractivity contribution in [3.05, 3.63) is 64.1 Å². The average molecular weight is 360 g/mol. The summed E-state index contributed by atoms with van der Waals surface area (Å²) in [7, 11) is 0. The summed E-state index contributed by atoms with van der Waals surface area (Å²) < 4.78 is 6.49. The van der Waals surface area contributed by atoms with Crippen molar-refractivity contribution in [2.24, 2.45) is 0 Å². The molecule has 2 aromatic carbocycles. The summed E-state index contributed by atoms with van der Waals surface area (Å²) in [5.41, 5.74) is 2.79. The number of aryl methyl sites for hydroxylation is 1. The fourth-order valence-corrected chi connectivity index (χ4v) is 2.30. The molecule has 0 heterocycles. The summed E-state index contributed by atoms with van der Waals surface area (Å²) in [6, 6.07) is 13.4. The fourth-order valence-electron chi connectivity index (χ4n) is 1.92. The molecular weight excluding hydrogens is 342 g/mol. The van der Waals surface area contributed by atoms with Gasteiger partial charge in [-0.3, -0.25) is 4.79 Å². The molecule has 2 aromatic rings. The predicted octanol–water partition coefficient (Wildman–Crippen LogP) is 4.81. The first-order valence-electron chi connectivity index (χ1n) is 7.06. The molecule has 22 heavy (non-hydrogen) atoms. The maximum atomic E-state index is 12.0. The molecule has 0 spiro atoms. The Morgan fingerprint density at radius 3 is 2.64 bits per heavy atom. The van der Waals surface area contributed by atoms with Crippen molar-refractivity contribution in [1.29, 1.82) is 0 Å². The lowest BCUT2D eigenvalue weighted by atomic mass is 10.2. The first-order chi connectivity index (χ1) is 10.6. The Morgan fingerprint density at radius 1 is 1.23 bits per heavy atom. The van der Waals surface area contributed by atoms with Crippen molar-refractivity contribution < 1.29 is 9.53 Å². The fraction of sp³-hybridized carbons (Fsp3) is 0.167. The highest BCUT2D eigenvalue weighted by Gasteiger charge is 2.03. The molecule has 4 heteroatoms. The van der Waals surface area contributed by atoms with Gasteiger partial charge in [0.1, 0.15) is 5.75 Å². The molecule has 2 rings (SSSR count). The van der Waals surface area contributed by atoms with Gasteiger partial charge in [0.15, 0.2) is 0 Å². The van der Waals surface area contributed by atoms with Gasteiger partial charge in [-0.05, 0) is 50.3 Å². The molecule has 0 radical (unpaired) electrons. The molecule has 0 atom stereocenters. The summed E-state index contributed by atoms with van der Waals surface area (Å²) in [6.07, 6.45) is 3.25. The van der Waals surface area contributed by atoms with Gasteiger partial charge in [0.05, 0.1) is 6.61 Å². The van der Waals surface area contributed by atoms with Crippen molar-refractivity contribution in [1.82, 2.24) is 0 Å². The molecule has 0 fully saturated rings. The summed E-state index contributed by atoms with van der Waals surface area (Å²) in [5.74, 6) is 0.580. The van der Waals surface area contributed by atoms with E-state index in [0.717, 1.165) is 27.0 Å². The Labute approximate surface area is 139 Å². The van der Waals surface area contributed by atoms with E-state index >= 15 is 0 Å². The van der Waals surface area contributed by atoms with Gasteiger partial charge in [-0.15, -0.1) is 0 Å². The van der Waals surface area contributed by atoms with Gasteiger partial charge in [0.25, 0.3) is 0 Å². The second kappa shape index (κ2) is 7.80. The quantitative estimate of drug-likeness (QED) is 0.778. The van der Waals surface area contributed by atoms with Crippen LogP contribution in [0.15, 0.2) is 53.0 Å². The minimum atomic E-state index is -0.175. The third-order valence-electron chi connectivity index (χ3n) is 3.01. The molecule has 0 saturated heterocycles. The molecule has 0 aromatic heterocycles. The van der Waals surface area contributed by atoms with Gasteiger partial charge in [-0.2, -0.15) is 0 Å². The van der Waals surface area contributed by atoms with Crippen LogP contribution in [0.2, 0.25) is 0 Å². The lowest BCUT2D eigenvalue weighted by Crippen LogP contribution is -2.07. The highest BCUT2D eigenvalue weighted by molar-refractivity contribution is 9.10. The summed E-state index contributed by atoms with van der Waals surface area (Å²) in [5, 5.41) is 2.83. The van der Waals surface area contributed by atoms with Gasteiger partial charge < -0.3 is 10.1 Å². The van der Waals surface area contributed by atoms with E-state index in [1.54, 1.807) is 6.08 Å². The van der Waals surface area contributed by atoms with Gasteiger partial charge in [0, 0.05) is 21.8 Å². The van der Waals surface area contributed by atoms with E-state index in [1.807, 2.05) is 56.3 Å². The number of rotatable bonds is 5. The monoisotopic (exact) mass is 359 g/mol. The van der Waals surface area contributed by atoms with Gasteiger partial charge in [-0.25, -0.2) is 0 Å². The predicted molar refractivity (Wildman–Crippen MR) is 94.2 cm³/mol. The van der Waals surface area contributed by atoms with Crippen LogP contribution in [0.1, 0.15) is 18.1 Å². The van der Waals surface area contributed by atoms with E-state index in [0.29, 0.717) is 6.61 Å². The number of hydrogen-bond acceptors (Lipinski definition) is 2. The van der Waals surface area contributed by atoms with Crippen LogP contribution in [-0.4, -0.2) is 12.5 Å². The molecule has 3 nitrogen and oxygen atoms in total. The Balaban J connectivity index is 2.09. The van der Waals surface area contributed by atoms with Crippen LogP contribution in [0.25, 0.3) is 6.08 Å². The number of amides is 1. The maximum Gasteiger partial charge on any atom is 0.248 e. The summed E-state index contributed by atoms with van der Waals surface area (Å²) in [4.78, 5) is 12.0. The Morgan fingerprint density at radius 2 is 1.95 bits per heavy atom. The first-order valence-corrected chi connectivity index (χ1v) is 7.86. The highest BCUT2D eigenvalue weighted by atomic mass is 79.9. The summed E-state index contributed by atoms with van der Waals surface area (Å²) >= 11 is 3.42. The lowest BCUT2D eigenvalue weighted by Gasteiger charge is -2.07. The maximum absolute atomic E-state index is 12.0. The molecule has 1 amide bonds. The van der Waals surface area contributed by atoms with Crippen LogP contribution in [0.5, 0.6) is 5.75 Å². The third kappa shape index (κ3) is 4.74. The van der Waals surface area contributed by atoms with E-state index in [1.165, 1.54) is 6.08 Å². The Hall–Kier alpha value is -2.07. The number of hydrogen-bond donors (Lipinski definition) is 1. The zero-order valence-electron chi connectivity index (χ0n) is 12.6. The normalized spacial score (nSPS) is 10.7. The number of nitrogens with one attached hydrogen (secondary N) is 1. The van der Waals surface area contributed by atoms with Crippen LogP contribution in [0.4, 0.5) is 5.69 Å². The topological polar surface area (TPSA) is 38.3 Å². The molecule has 1 N–H and O–H groups in total. The van der Waals surface area contributed by atoms with E-state index in [4.69, 9.17) is 4.74 Å². The van der Waals surface area contributed by atoms with Gasteiger partial charge in [0.2, 0.25) is 5.91 Å². The minimum absolute atomic E-state index is 0.175. The van der Waals surface area contributed by atoms with Crippen molar-refractivity contribution in [2.75, 3.05) is 11.9 Å². The minimum Gasteiger partial charge on any atom is -0.493 e. The van der Waals surface area contributed by atoms with Crippen LogP contribution >= 0.6 is 15.9 Å². The molecule has 0 unspecified atom stereocenters. The standard InChI is InChI=1S/C18H18BrNO2/c1-3-22-17-10-7-15(19)12-14(17)6-11-18(21)20-16-8-4-13(2)5-9-16/h4-12H,3H2,1-2H3,(H,20,21)/b11-6+. The molecule has 0 aliphatic rings. The number of carbonyl (C=O) groups excluding carboxylic acids is 1. The van der Waals surface area contributed by atoms with Crippen molar-refractivity contribution in [3.8, 4) is 5.75 Å². The van der Waals surface area contributed by atoms with Gasteiger partial charge >= 0.3 is 0 Å². The number of halogens is 1. The molecular formula is C18H18BrNO2. The van der Waals surface area contributed by atoms with E-state index < -0.39 is 0 Å². The zero-order chi connectivity index (χ0) is 15.9. The van der Waals surface area contributed by atoms with Crippen LogP contribution in [0.3, 0.4) is 0 Å². The number of carbonyl (C=O) groups is 1. The first kappa shape index (κ1) is 16.3. The molecule has 0 aliphatic carbocycles. The zero-order valence-corrected chi connectivity index (χ0v) is 14.2. The van der Waals surface area contributed by atoms with Crippen LogP contribution < -0.4 is 10.1 Å². The number of benzene rings is 2. The summed E-state index contributed by atoms with van der Waals surface area (Å²) in [6.45, 7) is 4.52. The van der Waals surface area contributed by atoms with Crippen molar-refractivity contribution in [2.45, 2.75) is 13.8 Å². The van der Waals surface area contributed by atoms with Crippen molar-refractivity contribution >= 4 is 33.6 Å². The SMILES string of the molecule is CCOc1ccc(Br)cc1/C=C/C(=O)Nc1ccc(C)cc1.